The molecule has 106 valence electrons. The van der Waals surface area contributed by atoms with Crippen LogP contribution in [0.3, 0.4) is 0 Å². The number of thioether (sulfide) groups is 2. The highest BCUT2D eigenvalue weighted by Crippen LogP contribution is 2.34. The van der Waals surface area contributed by atoms with Gasteiger partial charge >= 0.3 is 0 Å². The largest absolute Gasteiger partial charge is 0.316 e. The number of benzene rings is 1. The molecule has 0 aliphatic carbocycles. The van der Waals surface area contributed by atoms with Crippen molar-refractivity contribution in [2.75, 3.05) is 18.6 Å². The fraction of sp³-hybridized carbons (Fsp3) is 0.625. The topological polar surface area (TPSA) is 12.0 Å². The van der Waals surface area contributed by atoms with Crippen LogP contribution in [0.1, 0.15) is 25.3 Å². The molecule has 0 saturated carbocycles. The van der Waals surface area contributed by atoms with Gasteiger partial charge in [0.1, 0.15) is 0 Å². The summed E-state index contributed by atoms with van der Waals surface area (Å²) in [6.07, 6.45) is 3.77. The zero-order chi connectivity index (χ0) is 13.5. The van der Waals surface area contributed by atoms with Crippen LogP contribution >= 0.6 is 23.5 Å². The third-order valence-electron chi connectivity index (χ3n) is 3.83. The Labute approximate surface area is 126 Å². The summed E-state index contributed by atoms with van der Waals surface area (Å²) in [6, 6.07) is 11.5. The predicted molar refractivity (Wildman–Crippen MR) is 90.4 cm³/mol. The SMILES string of the molecule is CNC(CCCc1ccccc1)C1SCCSC1C. The zero-order valence-electron chi connectivity index (χ0n) is 12.0. The van der Waals surface area contributed by atoms with Gasteiger partial charge in [-0.15, -0.1) is 0 Å². The highest BCUT2D eigenvalue weighted by Gasteiger charge is 2.28. The van der Waals surface area contributed by atoms with E-state index in [1.165, 1.54) is 36.3 Å². The molecule has 3 unspecified atom stereocenters. The molecule has 1 aromatic carbocycles. The van der Waals surface area contributed by atoms with Crippen molar-refractivity contribution in [2.45, 2.75) is 42.7 Å². The van der Waals surface area contributed by atoms with E-state index in [4.69, 9.17) is 0 Å². The molecule has 19 heavy (non-hydrogen) atoms. The fourth-order valence-corrected chi connectivity index (χ4v) is 5.78. The first-order valence-corrected chi connectivity index (χ1v) is 9.35. The van der Waals surface area contributed by atoms with Crippen molar-refractivity contribution < 1.29 is 0 Å². The van der Waals surface area contributed by atoms with Crippen LogP contribution < -0.4 is 5.32 Å². The second kappa shape index (κ2) is 8.23. The summed E-state index contributed by atoms with van der Waals surface area (Å²) in [5.41, 5.74) is 1.47. The van der Waals surface area contributed by atoms with E-state index in [-0.39, 0.29) is 0 Å². The molecule has 1 aliphatic heterocycles. The maximum atomic E-state index is 3.55. The van der Waals surface area contributed by atoms with E-state index >= 15 is 0 Å². The van der Waals surface area contributed by atoms with Crippen molar-refractivity contribution in [2.24, 2.45) is 0 Å². The quantitative estimate of drug-likeness (QED) is 0.856. The smallest absolute Gasteiger partial charge is 0.0317 e. The van der Waals surface area contributed by atoms with E-state index < -0.39 is 0 Å². The van der Waals surface area contributed by atoms with Crippen LogP contribution in [0.2, 0.25) is 0 Å². The summed E-state index contributed by atoms with van der Waals surface area (Å²) in [5, 5.41) is 5.12. The summed E-state index contributed by atoms with van der Waals surface area (Å²) in [6.45, 7) is 2.39. The lowest BCUT2D eigenvalue weighted by Crippen LogP contribution is -2.42. The maximum Gasteiger partial charge on any atom is 0.0317 e. The lowest BCUT2D eigenvalue weighted by Gasteiger charge is -2.34. The van der Waals surface area contributed by atoms with Gasteiger partial charge in [-0.05, 0) is 31.9 Å². The molecule has 1 heterocycles. The minimum Gasteiger partial charge on any atom is -0.316 e. The molecule has 1 aromatic rings. The second-order valence-corrected chi connectivity index (χ2v) is 7.96. The van der Waals surface area contributed by atoms with Gasteiger partial charge < -0.3 is 5.32 Å². The number of hydrogen-bond acceptors (Lipinski definition) is 3. The molecule has 3 heteroatoms. The molecule has 0 spiro atoms. The molecular weight excluding hydrogens is 270 g/mol. The molecule has 0 bridgehead atoms. The van der Waals surface area contributed by atoms with E-state index in [0.29, 0.717) is 6.04 Å². The Morgan fingerprint density at radius 1 is 1.21 bits per heavy atom. The molecule has 2 rings (SSSR count). The van der Waals surface area contributed by atoms with Crippen LogP contribution in [0.5, 0.6) is 0 Å². The van der Waals surface area contributed by atoms with Gasteiger partial charge in [0.2, 0.25) is 0 Å². The van der Waals surface area contributed by atoms with Gasteiger partial charge in [0, 0.05) is 28.0 Å². The third kappa shape index (κ3) is 4.73. The molecular formula is C16H25NS2. The average molecular weight is 296 g/mol. The van der Waals surface area contributed by atoms with E-state index in [2.05, 4.69) is 73.1 Å². The number of aryl methyl sites for hydroxylation is 1. The fourth-order valence-electron chi connectivity index (χ4n) is 2.74. The molecule has 1 saturated heterocycles. The van der Waals surface area contributed by atoms with Gasteiger partial charge in [-0.1, -0.05) is 37.3 Å². The highest BCUT2D eigenvalue weighted by molar-refractivity contribution is 8.07. The van der Waals surface area contributed by atoms with Gasteiger partial charge in [0.05, 0.1) is 0 Å². The van der Waals surface area contributed by atoms with E-state index in [1.54, 1.807) is 0 Å². The summed E-state index contributed by atoms with van der Waals surface area (Å²) >= 11 is 4.31. The van der Waals surface area contributed by atoms with Crippen molar-refractivity contribution in [3.8, 4) is 0 Å². The van der Waals surface area contributed by atoms with E-state index in [1.807, 2.05) is 0 Å². The summed E-state index contributed by atoms with van der Waals surface area (Å²) in [4.78, 5) is 0. The maximum absolute atomic E-state index is 3.55. The van der Waals surface area contributed by atoms with E-state index in [0.717, 1.165) is 10.5 Å². The molecule has 1 N–H and O–H groups in total. The normalized spacial score (nSPS) is 25.2. The summed E-state index contributed by atoms with van der Waals surface area (Å²) in [5.74, 6) is 2.64. The highest BCUT2D eigenvalue weighted by atomic mass is 32.2. The van der Waals surface area contributed by atoms with Crippen LogP contribution in [-0.2, 0) is 6.42 Å². The molecule has 3 atom stereocenters. The second-order valence-electron chi connectivity index (χ2n) is 5.18. The predicted octanol–water partition coefficient (Wildman–Crippen LogP) is 3.83. The van der Waals surface area contributed by atoms with Crippen molar-refractivity contribution in [3.63, 3.8) is 0 Å². The van der Waals surface area contributed by atoms with Crippen molar-refractivity contribution in [1.29, 1.82) is 0 Å². The Morgan fingerprint density at radius 2 is 1.95 bits per heavy atom. The van der Waals surface area contributed by atoms with E-state index in [9.17, 15) is 0 Å². The number of rotatable bonds is 6. The first-order valence-electron chi connectivity index (χ1n) is 7.25. The summed E-state index contributed by atoms with van der Waals surface area (Å²) < 4.78 is 0. The Kier molecular flexibility index (Phi) is 6.62. The standard InChI is InChI=1S/C16H25NS2/c1-13-16(19-12-11-18-13)15(17-2)10-6-9-14-7-4-3-5-8-14/h3-5,7-8,13,15-17H,6,9-12H2,1-2H3. The molecule has 0 amide bonds. The Bertz CT molecular complexity index is 355. The molecule has 1 nitrogen and oxygen atoms in total. The van der Waals surface area contributed by atoms with Crippen LogP contribution in [-0.4, -0.2) is 35.1 Å². The Hall–Kier alpha value is -0.120. The lowest BCUT2D eigenvalue weighted by molar-refractivity contribution is 0.484. The first-order chi connectivity index (χ1) is 9.31. The lowest BCUT2D eigenvalue weighted by atomic mass is 10.0. The van der Waals surface area contributed by atoms with Gasteiger partial charge in [-0.25, -0.2) is 0 Å². The van der Waals surface area contributed by atoms with Gasteiger partial charge in [-0.2, -0.15) is 23.5 Å². The monoisotopic (exact) mass is 295 g/mol. The first kappa shape index (κ1) is 15.3. The zero-order valence-corrected chi connectivity index (χ0v) is 13.6. The number of hydrogen-bond donors (Lipinski definition) is 1. The molecule has 0 aromatic heterocycles. The van der Waals surface area contributed by atoms with Crippen molar-refractivity contribution in [3.05, 3.63) is 35.9 Å². The van der Waals surface area contributed by atoms with Gasteiger partial charge in [0.25, 0.3) is 0 Å². The minimum atomic E-state index is 0.663. The molecule has 1 aliphatic rings. The van der Waals surface area contributed by atoms with Gasteiger partial charge in [0.15, 0.2) is 0 Å². The Morgan fingerprint density at radius 3 is 2.63 bits per heavy atom. The van der Waals surface area contributed by atoms with Gasteiger partial charge in [-0.3, -0.25) is 0 Å². The third-order valence-corrected chi connectivity index (χ3v) is 7.08. The summed E-state index contributed by atoms with van der Waals surface area (Å²) in [7, 11) is 2.12. The van der Waals surface area contributed by atoms with Crippen LogP contribution in [0.15, 0.2) is 30.3 Å². The van der Waals surface area contributed by atoms with Crippen molar-refractivity contribution >= 4 is 23.5 Å². The average Bonchev–Trinajstić information content (AvgIpc) is 2.46. The minimum absolute atomic E-state index is 0.663. The van der Waals surface area contributed by atoms with Crippen molar-refractivity contribution in [1.82, 2.24) is 5.32 Å². The number of nitrogens with one attached hydrogen (secondary N) is 1. The van der Waals surface area contributed by atoms with Crippen LogP contribution in [0.25, 0.3) is 0 Å². The molecule has 1 fully saturated rings. The molecule has 0 radical (unpaired) electrons. The van der Waals surface area contributed by atoms with Crippen LogP contribution in [0.4, 0.5) is 0 Å². The Balaban J connectivity index is 1.79. The van der Waals surface area contributed by atoms with Crippen LogP contribution in [0, 0.1) is 0 Å².